The van der Waals surface area contributed by atoms with Gasteiger partial charge in [-0.3, -0.25) is 0 Å². The predicted molar refractivity (Wildman–Crippen MR) is 59.8 cm³/mol. The lowest BCUT2D eigenvalue weighted by Crippen LogP contribution is -2.01. The molecule has 0 fully saturated rings. The topological polar surface area (TPSA) is 56.7 Å². The molecule has 2 rings (SSSR count). The van der Waals surface area contributed by atoms with Crippen LogP contribution in [0, 0.1) is 0 Å². The van der Waals surface area contributed by atoms with Crippen LogP contribution in [0.5, 0.6) is 0 Å². The number of aromatic nitrogens is 3. The third-order valence-corrected chi connectivity index (χ3v) is 2.23. The zero-order valence-electron chi connectivity index (χ0n) is 8.72. The number of rotatable bonds is 3. The second-order valence-corrected chi connectivity index (χ2v) is 3.40. The summed E-state index contributed by atoms with van der Waals surface area (Å²) in [6.07, 6.45) is 7.51. The molecule has 2 aromatic rings. The maximum atomic E-state index is 5.64. The molecule has 4 nitrogen and oxygen atoms in total. The second-order valence-electron chi connectivity index (χ2n) is 3.40. The third kappa shape index (κ3) is 1.98. The maximum Gasteiger partial charge on any atom is 0.125 e. The van der Waals surface area contributed by atoms with Crippen molar-refractivity contribution in [1.29, 1.82) is 0 Å². The summed E-state index contributed by atoms with van der Waals surface area (Å²) in [5, 5.41) is 0. The van der Waals surface area contributed by atoms with E-state index >= 15 is 0 Å². The van der Waals surface area contributed by atoms with Gasteiger partial charge in [-0.2, -0.15) is 0 Å². The quantitative estimate of drug-likeness (QED) is 0.825. The van der Waals surface area contributed by atoms with Crippen LogP contribution in [0.25, 0.3) is 5.69 Å². The van der Waals surface area contributed by atoms with E-state index in [2.05, 4.69) is 16.9 Å². The summed E-state index contributed by atoms with van der Waals surface area (Å²) in [5.74, 6) is 1.59. The Labute approximate surface area is 88.8 Å². The van der Waals surface area contributed by atoms with Crippen molar-refractivity contribution in [1.82, 2.24) is 14.5 Å². The lowest BCUT2D eigenvalue weighted by Gasteiger charge is -2.06. The van der Waals surface area contributed by atoms with Crippen LogP contribution < -0.4 is 5.73 Å². The predicted octanol–water partition coefficient (Wildman–Crippen LogP) is 1.80. The van der Waals surface area contributed by atoms with E-state index in [-0.39, 0.29) is 0 Å². The van der Waals surface area contributed by atoms with Crippen molar-refractivity contribution in [2.24, 2.45) is 0 Å². The molecule has 78 valence electrons. The number of hydrogen-bond acceptors (Lipinski definition) is 3. The fraction of sp³-hybridized carbons (Fsp3) is 0.273. The average molecular weight is 202 g/mol. The minimum atomic E-state index is 0.531. The highest BCUT2D eigenvalue weighted by atomic mass is 15.1. The van der Waals surface area contributed by atoms with E-state index in [4.69, 9.17) is 5.73 Å². The van der Waals surface area contributed by atoms with Crippen molar-refractivity contribution in [2.75, 3.05) is 5.73 Å². The van der Waals surface area contributed by atoms with Crippen LogP contribution >= 0.6 is 0 Å². The Morgan fingerprint density at radius 3 is 2.93 bits per heavy atom. The van der Waals surface area contributed by atoms with E-state index < -0.39 is 0 Å². The molecule has 0 unspecified atom stereocenters. The fourth-order valence-corrected chi connectivity index (χ4v) is 1.56. The zero-order valence-corrected chi connectivity index (χ0v) is 8.72. The highest BCUT2D eigenvalue weighted by molar-refractivity contribution is 5.42. The van der Waals surface area contributed by atoms with Crippen LogP contribution in [0.15, 0.2) is 30.7 Å². The Balaban J connectivity index is 2.40. The number of imidazole rings is 1. The summed E-state index contributed by atoms with van der Waals surface area (Å²) in [6, 6.07) is 3.78. The molecule has 0 aliphatic heterocycles. The van der Waals surface area contributed by atoms with Crippen molar-refractivity contribution < 1.29 is 0 Å². The van der Waals surface area contributed by atoms with E-state index in [0.717, 1.165) is 24.4 Å². The van der Waals surface area contributed by atoms with Crippen molar-refractivity contribution >= 4 is 5.82 Å². The van der Waals surface area contributed by atoms with Gasteiger partial charge in [0.15, 0.2) is 0 Å². The molecule has 4 heteroatoms. The summed E-state index contributed by atoms with van der Waals surface area (Å²) in [5.41, 5.74) is 6.66. The molecular weight excluding hydrogens is 188 g/mol. The van der Waals surface area contributed by atoms with E-state index in [1.807, 2.05) is 29.1 Å². The third-order valence-electron chi connectivity index (χ3n) is 2.23. The number of nitrogens with zero attached hydrogens (tertiary/aromatic N) is 3. The van der Waals surface area contributed by atoms with Crippen molar-refractivity contribution in [3.63, 3.8) is 0 Å². The largest absolute Gasteiger partial charge is 0.384 e. The van der Waals surface area contributed by atoms with Gasteiger partial charge in [-0.15, -0.1) is 0 Å². The standard InChI is InChI=1S/C11H14N4/c1-2-3-11-14-6-7-15(11)9-4-5-13-10(12)8-9/h4-8H,2-3H2,1H3,(H2,12,13). The van der Waals surface area contributed by atoms with Crippen molar-refractivity contribution in [3.05, 3.63) is 36.5 Å². The molecule has 0 aliphatic rings. The highest BCUT2D eigenvalue weighted by Gasteiger charge is 2.03. The van der Waals surface area contributed by atoms with Gasteiger partial charge < -0.3 is 10.3 Å². The van der Waals surface area contributed by atoms with Crippen LogP contribution in [0.1, 0.15) is 19.2 Å². The molecule has 2 heterocycles. The van der Waals surface area contributed by atoms with Gasteiger partial charge in [0.05, 0.1) is 5.69 Å². The Hall–Kier alpha value is -1.84. The molecule has 0 spiro atoms. The van der Waals surface area contributed by atoms with Gasteiger partial charge in [0, 0.05) is 31.1 Å². The summed E-state index contributed by atoms with van der Waals surface area (Å²) < 4.78 is 2.04. The van der Waals surface area contributed by atoms with Crippen LogP contribution in [0.2, 0.25) is 0 Å². The number of aryl methyl sites for hydroxylation is 1. The van der Waals surface area contributed by atoms with E-state index in [1.54, 1.807) is 6.20 Å². The SMILES string of the molecule is CCCc1nccn1-c1ccnc(N)c1. The fourth-order valence-electron chi connectivity index (χ4n) is 1.56. The molecule has 0 aromatic carbocycles. The van der Waals surface area contributed by atoms with Crippen molar-refractivity contribution in [3.8, 4) is 5.69 Å². The van der Waals surface area contributed by atoms with Crippen LogP contribution in [-0.4, -0.2) is 14.5 Å². The van der Waals surface area contributed by atoms with E-state index in [1.165, 1.54) is 0 Å². The maximum absolute atomic E-state index is 5.64. The first-order chi connectivity index (χ1) is 7.31. The molecule has 0 bridgehead atoms. The molecule has 0 radical (unpaired) electrons. The van der Waals surface area contributed by atoms with Crippen LogP contribution in [-0.2, 0) is 6.42 Å². The Kier molecular flexibility index (Phi) is 2.67. The Morgan fingerprint density at radius 2 is 2.20 bits per heavy atom. The Morgan fingerprint density at radius 1 is 1.33 bits per heavy atom. The smallest absolute Gasteiger partial charge is 0.125 e. The number of pyridine rings is 1. The lowest BCUT2D eigenvalue weighted by atomic mass is 10.3. The molecule has 0 aliphatic carbocycles. The molecule has 0 saturated heterocycles. The first-order valence-corrected chi connectivity index (χ1v) is 5.05. The number of hydrogen-bond donors (Lipinski definition) is 1. The highest BCUT2D eigenvalue weighted by Crippen LogP contribution is 2.13. The van der Waals surface area contributed by atoms with Crippen molar-refractivity contribution in [2.45, 2.75) is 19.8 Å². The molecule has 2 aromatic heterocycles. The molecule has 0 amide bonds. The molecule has 0 atom stereocenters. The molecule has 0 saturated carbocycles. The number of nitrogens with two attached hydrogens (primary N) is 1. The van der Waals surface area contributed by atoms with Gasteiger partial charge in [0.25, 0.3) is 0 Å². The van der Waals surface area contributed by atoms with Crippen LogP contribution in [0.4, 0.5) is 5.82 Å². The summed E-state index contributed by atoms with van der Waals surface area (Å²) in [6.45, 7) is 2.14. The monoisotopic (exact) mass is 202 g/mol. The Bertz CT molecular complexity index is 447. The van der Waals surface area contributed by atoms with E-state index in [0.29, 0.717) is 5.82 Å². The second kappa shape index (κ2) is 4.13. The molecular formula is C11H14N4. The van der Waals surface area contributed by atoms with Gasteiger partial charge in [-0.1, -0.05) is 6.92 Å². The minimum Gasteiger partial charge on any atom is -0.384 e. The average Bonchev–Trinajstić information content (AvgIpc) is 2.66. The first-order valence-electron chi connectivity index (χ1n) is 5.05. The van der Waals surface area contributed by atoms with Crippen LogP contribution in [0.3, 0.4) is 0 Å². The zero-order chi connectivity index (χ0) is 10.7. The summed E-state index contributed by atoms with van der Waals surface area (Å²) in [4.78, 5) is 8.28. The van der Waals surface area contributed by atoms with E-state index in [9.17, 15) is 0 Å². The number of anilines is 1. The first kappa shape index (κ1) is 9.71. The normalized spacial score (nSPS) is 10.5. The van der Waals surface area contributed by atoms with Gasteiger partial charge in [-0.05, 0) is 12.5 Å². The summed E-state index contributed by atoms with van der Waals surface area (Å²) >= 11 is 0. The number of nitrogen functional groups attached to an aromatic ring is 1. The van der Waals surface area contributed by atoms with Gasteiger partial charge in [0.1, 0.15) is 11.6 Å². The summed E-state index contributed by atoms with van der Waals surface area (Å²) in [7, 11) is 0. The van der Waals surface area contributed by atoms with Gasteiger partial charge >= 0.3 is 0 Å². The van der Waals surface area contributed by atoms with Gasteiger partial charge in [0.2, 0.25) is 0 Å². The molecule has 2 N–H and O–H groups in total. The minimum absolute atomic E-state index is 0.531. The van der Waals surface area contributed by atoms with Gasteiger partial charge in [-0.25, -0.2) is 9.97 Å². The lowest BCUT2D eigenvalue weighted by molar-refractivity contribution is 0.809. The molecule has 15 heavy (non-hydrogen) atoms.